The van der Waals surface area contributed by atoms with E-state index in [1.54, 1.807) is 0 Å². The monoisotopic (exact) mass is 273 g/mol. The first-order chi connectivity index (χ1) is 9.65. The molecule has 1 aromatic heterocycles. The lowest BCUT2D eigenvalue weighted by molar-refractivity contribution is 0.0208. The highest BCUT2D eigenvalue weighted by Crippen LogP contribution is 2.28. The van der Waals surface area contributed by atoms with Crippen molar-refractivity contribution < 1.29 is 9.26 Å². The molecule has 1 saturated heterocycles. The molecular formula is C15H19N3O2. The summed E-state index contributed by atoms with van der Waals surface area (Å²) in [4.78, 5) is 4.51. The van der Waals surface area contributed by atoms with E-state index in [-0.39, 0.29) is 6.10 Å². The normalized spacial score (nSPS) is 19.2. The molecule has 0 bridgehead atoms. The third-order valence-electron chi connectivity index (χ3n) is 3.55. The summed E-state index contributed by atoms with van der Waals surface area (Å²) in [5, 5.41) is 7.34. The van der Waals surface area contributed by atoms with E-state index in [9.17, 15) is 0 Å². The molecule has 1 fully saturated rings. The Morgan fingerprint density at radius 3 is 2.60 bits per heavy atom. The molecule has 1 aliphatic heterocycles. The van der Waals surface area contributed by atoms with Crippen LogP contribution < -0.4 is 5.32 Å². The summed E-state index contributed by atoms with van der Waals surface area (Å²) in [5.74, 6) is 1.19. The average Bonchev–Trinajstić information content (AvgIpc) is 2.88. The number of rotatable bonds is 2. The van der Waals surface area contributed by atoms with Crippen molar-refractivity contribution in [2.75, 3.05) is 19.7 Å². The molecule has 5 heteroatoms. The van der Waals surface area contributed by atoms with Gasteiger partial charge in [-0.15, -0.1) is 0 Å². The van der Waals surface area contributed by atoms with Crippen LogP contribution in [0.5, 0.6) is 0 Å². The third-order valence-corrected chi connectivity index (χ3v) is 3.55. The van der Waals surface area contributed by atoms with Gasteiger partial charge in [0.1, 0.15) is 6.10 Å². The molecule has 1 N–H and O–H groups in total. The fraction of sp³-hybridized carbons (Fsp3) is 0.467. The van der Waals surface area contributed by atoms with E-state index in [0.29, 0.717) is 18.3 Å². The molecule has 3 rings (SSSR count). The number of morpholine rings is 1. The summed E-state index contributed by atoms with van der Waals surface area (Å²) in [6, 6.07) is 4.26. The Hall–Kier alpha value is -1.72. The van der Waals surface area contributed by atoms with E-state index in [2.05, 4.69) is 48.4 Å². The van der Waals surface area contributed by atoms with E-state index in [4.69, 9.17) is 9.26 Å². The van der Waals surface area contributed by atoms with Gasteiger partial charge in [-0.3, -0.25) is 0 Å². The van der Waals surface area contributed by atoms with Crippen LogP contribution in [0.15, 0.2) is 16.7 Å². The first-order valence-corrected chi connectivity index (χ1v) is 6.89. The molecule has 2 heterocycles. The summed E-state index contributed by atoms with van der Waals surface area (Å²) in [7, 11) is 0. The highest BCUT2D eigenvalue weighted by Gasteiger charge is 2.23. The lowest BCUT2D eigenvalue weighted by Gasteiger charge is -2.20. The molecule has 20 heavy (non-hydrogen) atoms. The molecule has 2 aromatic rings. The molecule has 0 spiro atoms. The second kappa shape index (κ2) is 5.34. The zero-order valence-corrected chi connectivity index (χ0v) is 12.1. The molecule has 0 aliphatic carbocycles. The first-order valence-electron chi connectivity index (χ1n) is 6.89. The number of nitrogens with one attached hydrogen (secondary N) is 1. The molecular weight excluding hydrogens is 254 g/mol. The maximum absolute atomic E-state index is 5.65. The standard InChI is InChI=1S/C15H19N3O2/c1-9-6-10(2)13(11(3)7-9)15-17-14(18-20-15)12-8-16-4-5-19-12/h6-7,12,16H,4-5,8H2,1-3H3. The van der Waals surface area contributed by atoms with Gasteiger partial charge < -0.3 is 14.6 Å². The van der Waals surface area contributed by atoms with Crippen LogP contribution in [0.4, 0.5) is 0 Å². The zero-order valence-electron chi connectivity index (χ0n) is 12.1. The lowest BCUT2D eigenvalue weighted by atomic mass is 10.00. The SMILES string of the molecule is Cc1cc(C)c(-c2nc(C3CNCCO3)no2)c(C)c1. The maximum Gasteiger partial charge on any atom is 0.258 e. The Bertz CT molecular complexity index is 592. The minimum atomic E-state index is -0.118. The average molecular weight is 273 g/mol. The van der Waals surface area contributed by atoms with Gasteiger partial charge >= 0.3 is 0 Å². The molecule has 1 unspecified atom stereocenters. The molecule has 106 valence electrons. The highest BCUT2D eigenvalue weighted by molar-refractivity contribution is 5.63. The molecule has 1 atom stereocenters. The Labute approximate surface area is 118 Å². The molecule has 1 aliphatic rings. The predicted molar refractivity (Wildman–Crippen MR) is 75.5 cm³/mol. The van der Waals surface area contributed by atoms with Gasteiger partial charge in [0.15, 0.2) is 0 Å². The Kier molecular flexibility index (Phi) is 3.54. The van der Waals surface area contributed by atoms with Crippen molar-refractivity contribution in [3.63, 3.8) is 0 Å². The van der Waals surface area contributed by atoms with Gasteiger partial charge in [-0.2, -0.15) is 4.98 Å². The van der Waals surface area contributed by atoms with E-state index in [1.165, 1.54) is 5.56 Å². The number of hydrogen-bond acceptors (Lipinski definition) is 5. The topological polar surface area (TPSA) is 60.2 Å². The van der Waals surface area contributed by atoms with E-state index in [1.807, 2.05) is 0 Å². The number of benzene rings is 1. The summed E-state index contributed by atoms with van der Waals surface area (Å²) < 4.78 is 11.1. The molecule has 0 saturated carbocycles. The van der Waals surface area contributed by atoms with Crippen LogP contribution in [0.25, 0.3) is 11.5 Å². The second-order valence-corrected chi connectivity index (χ2v) is 5.30. The number of hydrogen-bond donors (Lipinski definition) is 1. The fourth-order valence-corrected chi connectivity index (χ4v) is 2.72. The number of aromatic nitrogens is 2. The number of ether oxygens (including phenoxy) is 1. The van der Waals surface area contributed by atoms with Gasteiger partial charge in [-0.1, -0.05) is 22.9 Å². The number of aryl methyl sites for hydroxylation is 3. The van der Waals surface area contributed by atoms with Crippen LogP contribution in [0.3, 0.4) is 0 Å². The second-order valence-electron chi connectivity index (χ2n) is 5.30. The quantitative estimate of drug-likeness (QED) is 0.910. The summed E-state index contributed by atoms with van der Waals surface area (Å²) in [5.41, 5.74) is 4.57. The van der Waals surface area contributed by atoms with Crippen molar-refractivity contribution in [2.24, 2.45) is 0 Å². The first kappa shape index (κ1) is 13.3. The lowest BCUT2D eigenvalue weighted by Crippen LogP contribution is -2.33. The van der Waals surface area contributed by atoms with Crippen LogP contribution in [-0.2, 0) is 4.74 Å². The van der Waals surface area contributed by atoms with Crippen LogP contribution in [0.1, 0.15) is 28.6 Å². The van der Waals surface area contributed by atoms with Crippen LogP contribution in [0.2, 0.25) is 0 Å². The van der Waals surface area contributed by atoms with Gasteiger partial charge in [0.25, 0.3) is 5.89 Å². The van der Waals surface area contributed by atoms with Gasteiger partial charge in [-0.05, 0) is 31.9 Å². The minimum absolute atomic E-state index is 0.118. The minimum Gasteiger partial charge on any atom is -0.367 e. The summed E-state index contributed by atoms with van der Waals surface area (Å²) >= 11 is 0. The van der Waals surface area contributed by atoms with Crippen molar-refractivity contribution in [2.45, 2.75) is 26.9 Å². The molecule has 0 radical (unpaired) electrons. The zero-order chi connectivity index (χ0) is 14.1. The van der Waals surface area contributed by atoms with Gasteiger partial charge in [0, 0.05) is 18.7 Å². The van der Waals surface area contributed by atoms with Gasteiger partial charge in [0.05, 0.1) is 6.61 Å². The fourth-order valence-electron chi connectivity index (χ4n) is 2.72. The van der Waals surface area contributed by atoms with Crippen LogP contribution in [0, 0.1) is 20.8 Å². The van der Waals surface area contributed by atoms with Crippen molar-refractivity contribution in [1.29, 1.82) is 0 Å². The van der Waals surface area contributed by atoms with Gasteiger partial charge in [-0.25, -0.2) is 0 Å². The Balaban J connectivity index is 1.94. The van der Waals surface area contributed by atoms with E-state index < -0.39 is 0 Å². The van der Waals surface area contributed by atoms with E-state index >= 15 is 0 Å². The summed E-state index contributed by atoms with van der Waals surface area (Å²) in [6.45, 7) is 8.50. The third kappa shape index (κ3) is 2.46. The summed E-state index contributed by atoms with van der Waals surface area (Å²) in [6.07, 6.45) is -0.118. The highest BCUT2D eigenvalue weighted by atomic mass is 16.5. The van der Waals surface area contributed by atoms with Crippen molar-refractivity contribution in [3.8, 4) is 11.5 Å². The van der Waals surface area contributed by atoms with Crippen molar-refractivity contribution in [3.05, 3.63) is 34.6 Å². The predicted octanol–water partition coefficient (Wildman–Crippen LogP) is 2.32. The van der Waals surface area contributed by atoms with Crippen molar-refractivity contribution >= 4 is 0 Å². The van der Waals surface area contributed by atoms with Crippen LogP contribution in [-0.4, -0.2) is 29.8 Å². The van der Waals surface area contributed by atoms with Crippen molar-refractivity contribution in [1.82, 2.24) is 15.5 Å². The van der Waals surface area contributed by atoms with E-state index in [0.717, 1.165) is 29.8 Å². The van der Waals surface area contributed by atoms with Gasteiger partial charge in [0.2, 0.25) is 5.82 Å². The Morgan fingerprint density at radius 1 is 1.20 bits per heavy atom. The molecule has 0 amide bonds. The molecule has 1 aromatic carbocycles. The Morgan fingerprint density at radius 2 is 1.95 bits per heavy atom. The maximum atomic E-state index is 5.65. The molecule has 5 nitrogen and oxygen atoms in total. The smallest absolute Gasteiger partial charge is 0.258 e. The van der Waals surface area contributed by atoms with Crippen LogP contribution >= 0.6 is 0 Å². The number of nitrogens with zero attached hydrogens (tertiary/aromatic N) is 2. The largest absolute Gasteiger partial charge is 0.367 e.